The number of hydrogen-bond acceptors (Lipinski definition) is 5. The lowest BCUT2D eigenvalue weighted by atomic mass is 10.0. The maximum Gasteiger partial charge on any atom is 0.264 e. The van der Waals surface area contributed by atoms with Crippen molar-refractivity contribution < 1.29 is 22.7 Å². The molecule has 2 atom stereocenters. The zero-order valence-corrected chi connectivity index (χ0v) is 28.9. The lowest BCUT2D eigenvalue weighted by Crippen LogP contribution is -2.54. The van der Waals surface area contributed by atoms with E-state index in [0.717, 1.165) is 25.5 Å². The quantitative estimate of drug-likeness (QED) is 0.161. The summed E-state index contributed by atoms with van der Waals surface area (Å²) in [6.45, 7) is 5.31. The van der Waals surface area contributed by atoms with Gasteiger partial charge in [-0.05, 0) is 67.8 Å². The number of hydrogen-bond donors (Lipinski definition) is 1. The van der Waals surface area contributed by atoms with Crippen LogP contribution >= 0.6 is 15.9 Å². The highest BCUT2D eigenvalue weighted by Crippen LogP contribution is 2.28. The molecule has 4 rings (SSSR count). The van der Waals surface area contributed by atoms with E-state index in [1.165, 1.54) is 24.1 Å². The van der Waals surface area contributed by atoms with Crippen molar-refractivity contribution in [1.29, 1.82) is 0 Å². The molecule has 10 heteroatoms. The number of carbonyl (C=O) groups excluding carboxylic acids is 2. The Kier molecular flexibility index (Phi) is 12.0. The first-order valence-electron chi connectivity index (χ1n) is 15.1. The van der Waals surface area contributed by atoms with E-state index in [1.54, 1.807) is 36.4 Å². The van der Waals surface area contributed by atoms with Gasteiger partial charge in [0, 0.05) is 29.5 Å². The van der Waals surface area contributed by atoms with E-state index in [2.05, 4.69) is 21.2 Å². The molecule has 0 bridgehead atoms. The van der Waals surface area contributed by atoms with Crippen LogP contribution in [0, 0.1) is 6.92 Å². The Labute approximate surface area is 280 Å². The second-order valence-corrected chi connectivity index (χ2v) is 14.0. The molecule has 46 heavy (non-hydrogen) atoms. The Morgan fingerprint density at radius 2 is 1.57 bits per heavy atom. The van der Waals surface area contributed by atoms with Crippen molar-refractivity contribution in [2.75, 3.05) is 18.0 Å². The Hall–Kier alpha value is -4.15. The van der Waals surface area contributed by atoms with Crippen molar-refractivity contribution in [2.45, 2.75) is 57.1 Å². The van der Waals surface area contributed by atoms with Gasteiger partial charge in [0.05, 0.1) is 17.7 Å². The Morgan fingerprint density at radius 3 is 2.20 bits per heavy atom. The molecular formula is C36H40BrN3O5S. The summed E-state index contributed by atoms with van der Waals surface area (Å²) in [5, 5.41) is 3.05. The molecule has 0 aliphatic rings. The molecule has 1 N–H and O–H groups in total. The summed E-state index contributed by atoms with van der Waals surface area (Å²) >= 11 is 3.46. The molecule has 0 saturated heterocycles. The number of benzene rings is 4. The standard InChI is InChI=1S/C36H40BrN3O5S/c1-5-27(3)38-36(42)34(22-28-10-7-6-8-11-28)39(24-29-16-18-30(37)19-17-29)35(41)25-40(31-12-9-13-32(23-31)45-4)46(43,44)33-20-14-26(2)15-21-33/h6-21,23,27,34H,5,22,24-25H2,1-4H3,(H,38,42)/t27-,34+/m1/s1. The smallest absolute Gasteiger partial charge is 0.264 e. The number of nitrogens with one attached hydrogen (secondary N) is 1. The van der Waals surface area contributed by atoms with E-state index in [1.807, 2.05) is 75.4 Å². The summed E-state index contributed by atoms with van der Waals surface area (Å²) in [4.78, 5) is 30.0. The molecular weight excluding hydrogens is 666 g/mol. The first-order valence-corrected chi connectivity index (χ1v) is 17.4. The zero-order valence-electron chi connectivity index (χ0n) is 26.5. The molecule has 0 saturated carbocycles. The highest BCUT2D eigenvalue weighted by Gasteiger charge is 2.35. The van der Waals surface area contributed by atoms with Crippen LogP contribution in [0.15, 0.2) is 112 Å². The van der Waals surface area contributed by atoms with Crippen LogP contribution in [-0.4, -0.2) is 50.9 Å². The highest BCUT2D eigenvalue weighted by molar-refractivity contribution is 9.10. The average molecular weight is 707 g/mol. The molecule has 0 unspecified atom stereocenters. The van der Waals surface area contributed by atoms with Gasteiger partial charge in [-0.15, -0.1) is 0 Å². The van der Waals surface area contributed by atoms with Crippen molar-refractivity contribution in [3.8, 4) is 5.75 Å². The topological polar surface area (TPSA) is 96.0 Å². The maximum atomic E-state index is 14.6. The summed E-state index contributed by atoms with van der Waals surface area (Å²) in [5.74, 6) is -0.393. The third-order valence-electron chi connectivity index (χ3n) is 7.77. The molecule has 4 aromatic carbocycles. The predicted molar refractivity (Wildman–Crippen MR) is 185 cm³/mol. The van der Waals surface area contributed by atoms with Crippen LogP contribution in [0.5, 0.6) is 5.75 Å². The van der Waals surface area contributed by atoms with Crippen LogP contribution in [0.3, 0.4) is 0 Å². The van der Waals surface area contributed by atoms with E-state index in [-0.39, 0.29) is 35.5 Å². The number of methoxy groups -OCH3 is 1. The van der Waals surface area contributed by atoms with Crippen LogP contribution < -0.4 is 14.4 Å². The average Bonchev–Trinajstić information content (AvgIpc) is 3.06. The molecule has 0 aliphatic heterocycles. The molecule has 0 radical (unpaired) electrons. The van der Waals surface area contributed by atoms with Gasteiger partial charge < -0.3 is 15.0 Å². The SMILES string of the molecule is CC[C@@H](C)NC(=O)[C@H](Cc1ccccc1)N(Cc1ccc(Br)cc1)C(=O)CN(c1cccc(OC)c1)S(=O)(=O)c1ccc(C)cc1. The fraction of sp³-hybridized carbons (Fsp3) is 0.278. The van der Waals surface area contributed by atoms with E-state index < -0.39 is 28.5 Å². The largest absolute Gasteiger partial charge is 0.497 e. The van der Waals surface area contributed by atoms with Gasteiger partial charge in [-0.2, -0.15) is 0 Å². The zero-order chi connectivity index (χ0) is 33.3. The minimum Gasteiger partial charge on any atom is -0.497 e. The van der Waals surface area contributed by atoms with Gasteiger partial charge in [-0.3, -0.25) is 13.9 Å². The van der Waals surface area contributed by atoms with E-state index in [9.17, 15) is 18.0 Å². The van der Waals surface area contributed by atoms with Gasteiger partial charge >= 0.3 is 0 Å². The third kappa shape index (κ3) is 8.98. The van der Waals surface area contributed by atoms with Gasteiger partial charge in [-0.1, -0.05) is 89.1 Å². The molecule has 2 amide bonds. The minimum absolute atomic E-state index is 0.0449. The minimum atomic E-state index is -4.21. The number of amides is 2. The van der Waals surface area contributed by atoms with Gasteiger partial charge in [0.15, 0.2) is 0 Å². The first-order chi connectivity index (χ1) is 22.0. The third-order valence-corrected chi connectivity index (χ3v) is 10.1. The summed E-state index contributed by atoms with van der Waals surface area (Å²) in [5.41, 5.74) is 2.83. The second-order valence-electron chi connectivity index (χ2n) is 11.2. The molecule has 0 heterocycles. The van der Waals surface area contributed by atoms with Gasteiger partial charge in [-0.25, -0.2) is 8.42 Å². The number of halogens is 1. The molecule has 0 aromatic heterocycles. The van der Waals surface area contributed by atoms with Crippen LogP contribution in [0.2, 0.25) is 0 Å². The lowest BCUT2D eigenvalue weighted by molar-refractivity contribution is -0.140. The maximum absolute atomic E-state index is 14.6. The second kappa shape index (κ2) is 15.9. The number of nitrogens with zero attached hydrogens (tertiary/aromatic N) is 2. The Bertz CT molecular complexity index is 1720. The van der Waals surface area contributed by atoms with Crippen molar-refractivity contribution in [3.63, 3.8) is 0 Å². The molecule has 8 nitrogen and oxygen atoms in total. The fourth-order valence-corrected chi connectivity index (χ4v) is 6.58. The first kappa shape index (κ1) is 34.7. The van der Waals surface area contributed by atoms with Gasteiger partial charge in [0.2, 0.25) is 11.8 Å². The van der Waals surface area contributed by atoms with E-state index in [4.69, 9.17) is 4.74 Å². The van der Waals surface area contributed by atoms with Crippen molar-refractivity contribution in [3.05, 3.63) is 124 Å². The Balaban J connectivity index is 1.82. The van der Waals surface area contributed by atoms with Crippen LogP contribution in [-0.2, 0) is 32.6 Å². The molecule has 0 aliphatic carbocycles. The molecule has 0 fully saturated rings. The highest BCUT2D eigenvalue weighted by atomic mass is 79.9. The van der Waals surface area contributed by atoms with Gasteiger partial charge in [0.1, 0.15) is 18.3 Å². The fourth-order valence-electron chi connectivity index (χ4n) is 4.91. The molecule has 242 valence electrons. The number of anilines is 1. The van der Waals surface area contributed by atoms with Crippen molar-refractivity contribution in [2.24, 2.45) is 0 Å². The summed E-state index contributed by atoms with van der Waals surface area (Å²) < 4.78 is 35.8. The summed E-state index contributed by atoms with van der Waals surface area (Å²) in [6.07, 6.45) is 0.956. The monoisotopic (exact) mass is 705 g/mol. The number of ether oxygens (including phenoxy) is 1. The number of carbonyl (C=O) groups is 2. The predicted octanol–water partition coefficient (Wildman–Crippen LogP) is 6.52. The van der Waals surface area contributed by atoms with Crippen molar-refractivity contribution in [1.82, 2.24) is 10.2 Å². The molecule has 0 spiro atoms. The normalized spacial score (nSPS) is 12.5. The number of rotatable bonds is 14. The van der Waals surface area contributed by atoms with Crippen molar-refractivity contribution >= 4 is 43.5 Å². The molecule has 4 aromatic rings. The number of aryl methyl sites for hydroxylation is 1. The summed E-state index contributed by atoms with van der Waals surface area (Å²) in [6, 6.07) is 29.0. The van der Waals surface area contributed by atoms with Gasteiger partial charge in [0.25, 0.3) is 10.0 Å². The van der Waals surface area contributed by atoms with Crippen LogP contribution in [0.1, 0.15) is 37.0 Å². The van der Waals surface area contributed by atoms with Crippen LogP contribution in [0.25, 0.3) is 0 Å². The van der Waals surface area contributed by atoms with E-state index in [0.29, 0.717) is 12.2 Å². The van der Waals surface area contributed by atoms with E-state index >= 15 is 0 Å². The lowest BCUT2D eigenvalue weighted by Gasteiger charge is -2.34. The summed E-state index contributed by atoms with van der Waals surface area (Å²) in [7, 11) is -2.71. The number of sulfonamides is 1. The van der Waals surface area contributed by atoms with Crippen LogP contribution in [0.4, 0.5) is 5.69 Å². The Morgan fingerprint density at radius 1 is 0.891 bits per heavy atom.